The summed E-state index contributed by atoms with van der Waals surface area (Å²) < 4.78 is 17.7. The van der Waals surface area contributed by atoms with Crippen LogP contribution in [0.15, 0.2) is 18.2 Å². The third kappa shape index (κ3) is 3.41. The van der Waals surface area contributed by atoms with Crippen molar-refractivity contribution in [3.05, 3.63) is 29.3 Å². The number of hydrogen-bond acceptors (Lipinski definition) is 3. The van der Waals surface area contributed by atoms with Crippen molar-refractivity contribution in [3.63, 3.8) is 0 Å². The van der Waals surface area contributed by atoms with Crippen LogP contribution in [0, 0.1) is 0 Å². The van der Waals surface area contributed by atoms with Gasteiger partial charge >= 0.3 is 0 Å². The van der Waals surface area contributed by atoms with Crippen molar-refractivity contribution in [1.82, 2.24) is 0 Å². The van der Waals surface area contributed by atoms with Crippen molar-refractivity contribution in [1.29, 1.82) is 0 Å². The summed E-state index contributed by atoms with van der Waals surface area (Å²) in [5.41, 5.74) is 8.75. The Morgan fingerprint density at radius 3 is 2.90 bits per heavy atom. The lowest BCUT2D eigenvalue weighted by atomic mass is 9.87. The zero-order valence-corrected chi connectivity index (χ0v) is 13.2. The zero-order valence-electron chi connectivity index (χ0n) is 12.4. The van der Waals surface area contributed by atoms with Crippen LogP contribution in [0.1, 0.15) is 49.8 Å². The molecule has 1 aromatic rings. The van der Waals surface area contributed by atoms with E-state index in [9.17, 15) is 4.21 Å². The summed E-state index contributed by atoms with van der Waals surface area (Å²) in [6, 6.07) is 5.94. The molecule has 1 aliphatic carbocycles. The Hall–Kier alpha value is -0.870. The van der Waals surface area contributed by atoms with E-state index in [1.165, 1.54) is 5.56 Å². The van der Waals surface area contributed by atoms with Gasteiger partial charge in [0.15, 0.2) is 0 Å². The SMILES string of the molecule is CCCCCS(=O)C1CCc2cc(OC)ccc2C1N. The highest BCUT2D eigenvalue weighted by molar-refractivity contribution is 7.85. The first-order chi connectivity index (χ1) is 9.67. The van der Waals surface area contributed by atoms with Gasteiger partial charge in [-0.25, -0.2) is 0 Å². The molecule has 0 fully saturated rings. The molecule has 112 valence electrons. The topological polar surface area (TPSA) is 52.3 Å². The minimum absolute atomic E-state index is 0.104. The number of rotatable bonds is 6. The van der Waals surface area contributed by atoms with Crippen LogP contribution < -0.4 is 10.5 Å². The average molecular weight is 295 g/mol. The predicted octanol–water partition coefficient (Wildman–Crippen LogP) is 2.95. The normalized spacial score (nSPS) is 23.1. The van der Waals surface area contributed by atoms with Gasteiger partial charge in [0, 0.05) is 22.6 Å². The van der Waals surface area contributed by atoms with E-state index in [-0.39, 0.29) is 11.3 Å². The smallest absolute Gasteiger partial charge is 0.119 e. The summed E-state index contributed by atoms with van der Waals surface area (Å²) >= 11 is 0. The minimum atomic E-state index is -0.809. The van der Waals surface area contributed by atoms with Gasteiger partial charge in [-0.3, -0.25) is 4.21 Å². The van der Waals surface area contributed by atoms with E-state index in [0.717, 1.165) is 49.2 Å². The molecule has 2 rings (SSSR count). The molecule has 0 bridgehead atoms. The number of ether oxygens (including phenoxy) is 1. The van der Waals surface area contributed by atoms with Crippen LogP contribution in [0.3, 0.4) is 0 Å². The second-order valence-corrected chi connectivity index (χ2v) is 7.23. The lowest BCUT2D eigenvalue weighted by molar-refractivity contribution is 0.413. The van der Waals surface area contributed by atoms with Gasteiger partial charge in [-0.2, -0.15) is 0 Å². The molecule has 2 N–H and O–H groups in total. The Morgan fingerprint density at radius 1 is 1.40 bits per heavy atom. The van der Waals surface area contributed by atoms with Crippen LogP contribution in [-0.2, 0) is 17.2 Å². The van der Waals surface area contributed by atoms with Gasteiger partial charge in [-0.1, -0.05) is 25.8 Å². The van der Waals surface area contributed by atoms with E-state index < -0.39 is 10.8 Å². The fraction of sp³-hybridized carbons (Fsp3) is 0.625. The van der Waals surface area contributed by atoms with E-state index in [4.69, 9.17) is 10.5 Å². The van der Waals surface area contributed by atoms with Crippen LogP contribution in [0.2, 0.25) is 0 Å². The van der Waals surface area contributed by atoms with Gasteiger partial charge in [-0.15, -0.1) is 0 Å². The van der Waals surface area contributed by atoms with E-state index in [1.54, 1.807) is 7.11 Å². The molecule has 0 aliphatic heterocycles. The van der Waals surface area contributed by atoms with Crippen molar-refractivity contribution >= 4 is 10.8 Å². The summed E-state index contributed by atoms with van der Waals surface area (Å²) in [7, 11) is 0.868. The second kappa shape index (κ2) is 7.23. The number of methoxy groups -OCH3 is 1. The molecule has 1 aromatic carbocycles. The first kappa shape index (κ1) is 15.5. The maximum atomic E-state index is 12.4. The summed E-state index contributed by atoms with van der Waals surface area (Å²) in [4.78, 5) is 0. The molecule has 4 heteroatoms. The van der Waals surface area contributed by atoms with Gasteiger partial charge in [0.05, 0.1) is 12.4 Å². The maximum absolute atomic E-state index is 12.4. The Morgan fingerprint density at radius 2 is 2.20 bits per heavy atom. The van der Waals surface area contributed by atoms with Crippen LogP contribution in [0.25, 0.3) is 0 Å². The lowest BCUT2D eigenvalue weighted by Gasteiger charge is -2.30. The highest BCUT2D eigenvalue weighted by Gasteiger charge is 2.30. The first-order valence-electron chi connectivity index (χ1n) is 7.47. The van der Waals surface area contributed by atoms with Crippen LogP contribution in [-0.4, -0.2) is 22.3 Å². The molecular weight excluding hydrogens is 270 g/mol. The number of fused-ring (bicyclic) bond motifs is 1. The molecule has 20 heavy (non-hydrogen) atoms. The van der Waals surface area contributed by atoms with Crippen molar-refractivity contribution in [3.8, 4) is 5.75 Å². The average Bonchev–Trinajstić information content (AvgIpc) is 2.47. The van der Waals surface area contributed by atoms with Crippen LogP contribution in [0.5, 0.6) is 5.75 Å². The number of nitrogens with two attached hydrogens (primary N) is 1. The molecule has 0 heterocycles. The molecule has 0 saturated carbocycles. The maximum Gasteiger partial charge on any atom is 0.119 e. The summed E-state index contributed by atoms with van der Waals surface area (Å²) in [6.07, 6.45) is 5.23. The molecule has 0 spiro atoms. The van der Waals surface area contributed by atoms with E-state index in [0.29, 0.717) is 0 Å². The van der Waals surface area contributed by atoms with Gasteiger partial charge in [0.1, 0.15) is 5.75 Å². The van der Waals surface area contributed by atoms with Crippen LogP contribution in [0.4, 0.5) is 0 Å². The number of hydrogen-bond donors (Lipinski definition) is 1. The summed E-state index contributed by atoms with van der Waals surface area (Å²) in [6.45, 7) is 2.17. The molecule has 3 atom stereocenters. The largest absolute Gasteiger partial charge is 0.497 e. The highest BCUT2D eigenvalue weighted by Crippen LogP contribution is 2.33. The van der Waals surface area contributed by atoms with Gasteiger partial charge in [0.25, 0.3) is 0 Å². The van der Waals surface area contributed by atoms with Crippen molar-refractivity contribution in [2.75, 3.05) is 12.9 Å². The van der Waals surface area contributed by atoms with Crippen molar-refractivity contribution in [2.24, 2.45) is 5.73 Å². The standard InChI is InChI=1S/C16H25NO2S/c1-3-4-5-10-20(18)15-9-6-12-11-13(19-2)7-8-14(12)16(15)17/h7-8,11,15-16H,3-6,9-10,17H2,1-2H3. The molecule has 1 aliphatic rings. The molecular formula is C16H25NO2S. The fourth-order valence-corrected chi connectivity index (χ4v) is 4.51. The predicted molar refractivity (Wildman–Crippen MR) is 84.6 cm³/mol. The molecule has 3 unspecified atom stereocenters. The number of unbranched alkanes of at least 4 members (excludes halogenated alkanes) is 2. The van der Waals surface area contributed by atoms with Gasteiger partial charge < -0.3 is 10.5 Å². The molecule has 3 nitrogen and oxygen atoms in total. The molecule has 0 radical (unpaired) electrons. The summed E-state index contributed by atoms with van der Waals surface area (Å²) in [5.74, 6) is 1.66. The summed E-state index contributed by atoms with van der Waals surface area (Å²) in [5, 5.41) is 0.104. The van der Waals surface area contributed by atoms with E-state index >= 15 is 0 Å². The Labute approximate surface area is 124 Å². The molecule has 0 amide bonds. The van der Waals surface area contributed by atoms with Gasteiger partial charge in [0.2, 0.25) is 0 Å². The quantitative estimate of drug-likeness (QED) is 0.821. The van der Waals surface area contributed by atoms with Crippen molar-refractivity contribution < 1.29 is 8.95 Å². The number of aryl methyl sites for hydroxylation is 1. The lowest BCUT2D eigenvalue weighted by Crippen LogP contribution is -2.35. The van der Waals surface area contributed by atoms with Gasteiger partial charge in [-0.05, 0) is 42.5 Å². The first-order valence-corrected chi connectivity index (χ1v) is 8.85. The van der Waals surface area contributed by atoms with E-state index in [2.05, 4.69) is 13.0 Å². The number of benzene rings is 1. The van der Waals surface area contributed by atoms with E-state index in [1.807, 2.05) is 12.1 Å². The third-order valence-corrected chi connectivity index (χ3v) is 5.99. The minimum Gasteiger partial charge on any atom is -0.497 e. The fourth-order valence-electron chi connectivity index (χ4n) is 2.87. The van der Waals surface area contributed by atoms with Crippen LogP contribution >= 0.6 is 0 Å². The Bertz CT molecular complexity index is 476. The zero-order chi connectivity index (χ0) is 14.5. The second-order valence-electron chi connectivity index (χ2n) is 5.46. The Balaban J connectivity index is 2.07. The van der Waals surface area contributed by atoms with Crippen molar-refractivity contribution in [2.45, 2.75) is 50.3 Å². The molecule has 0 saturated heterocycles. The monoisotopic (exact) mass is 295 g/mol. The Kier molecular flexibility index (Phi) is 5.61. The molecule has 0 aromatic heterocycles. The highest BCUT2D eigenvalue weighted by atomic mass is 32.2. The third-order valence-electron chi connectivity index (χ3n) is 4.09.